The summed E-state index contributed by atoms with van der Waals surface area (Å²) in [5.74, 6) is -4.94. The molecule has 0 bridgehead atoms. The van der Waals surface area contributed by atoms with Crippen LogP contribution in [0.2, 0.25) is 0 Å². The molecule has 9 heteroatoms. The Hall–Kier alpha value is -5.02. The molecule has 3 atom stereocenters. The van der Waals surface area contributed by atoms with Crippen molar-refractivity contribution >= 4 is 23.1 Å². The Kier molecular flexibility index (Phi) is 8.15. The van der Waals surface area contributed by atoms with Crippen molar-refractivity contribution in [2.24, 2.45) is 11.8 Å². The lowest BCUT2D eigenvalue weighted by Crippen LogP contribution is -2.56. The summed E-state index contributed by atoms with van der Waals surface area (Å²) in [5.41, 5.74) is 0.0856. The number of hydrogen-bond acceptors (Lipinski definition) is 9. The molecular formula is C39H38O9. The highest BCUT2D eigenvalue weighted by molar-refractivity contribution is 6.25. The lowest BCUT2D eigenvalue weighted by atomic mass is 9.60. The van der Waals surface area contributed by atoms with Crippen LogP contribution in [0.15, 0.2) is 83.3 Å². The van der Waals surface area contributed by atoms with Crippen LogP contribution in [0.1, 0.15) is 67.6 Å². The molecule has 0 fully saturated rings. The van der Waals surface area contributed by atoms with Gasteiger partial charge in [0.2, 0.25) is 5.78 Å². The van der Waals surface area contributed by atoms with Gasteiger partial charge in [0.1, 0.15) is 40.0 Å². The van der Waals surface area contributed by atoms with Gasteiger partial charge in [0.25, 0.3) is 0 Å². The van der Waals surface area contributed by atoms with Gasteiger partial charge >= 0.3 is 0 Å². The minimum Gasteiger partial charge on any atom is -0.511 e. The fourth-order valence-corrected chi connectivity index (χ4v) is 7.35. The lowest BCUT2D eigenvalue weighted by Gasteiger charge is -2.45. The van der Waals surface area contributed by atoms with Gasteiger partial charge in [-0.3, -0.25) is 19.2 Å². The van der Waals surface area contributed by atoms with Gasteiger partial charge in [0.15, 0.2) is 17.2 Å². The molecule has 3 aliphatic rings. The van der Waals surface area contributed by atoms with Crippen molar-refractivity contribution in [2.75, 3.05) is 0 Å². The Morgan fingerprint density at radius 2 is 1.48 bits per heavy atom. The average molecular weight is 651 g/mol. The molecule has 3 aliphatic carbocycles. The smallest absolute Gasteiger partial charge is 0.209 e. The monoisotopic (exact) mass is 650 g/mol. The second-order valence-corrected chi connectivity index (χ2v) is 14.0. The molecule has 0 radical (unpaired) electrons. The van der Waals surface area contributed by atoms with Crippen LogP contribution in [0.3, 0.4) is 0 Å². The minimum absolute atomic E-state index is 0.0287. The van der Waals surface area contributed by atoms with E-state index in [4.69, 9.17) is 4.74 Å². The largest absolute Gasteiger partial charge is 0.511 e. The third-order valence-electron chi connectivity index (χ3n) is 9.47. The summed E-state index contributed by atoms with van der Waals surface area (Å²) >= 11 is 0. The van der Waals surface area contributed by atoms with E-state index in [0.717, 1.165) is 29.4 Å². The molecule has 0 heterocycles. The number of carbonyl (C=O) groups excluding carboxylic acids is 4. The van der Waals surface area contributed by atoms with Gasteiger partial charge in [-0.15, -0.1) is 0 Å². The van der Waals surface area contributed by atoms with E-state index in [-0.39, 0.29) is 60.4 Å². The Morgan fingerprint density at radius 1 is 0.875 bits per heavy atom. The molecule has 9 nitrogen and oxygen atoms in total. The highest BCUT2D eigenvalue weighted by Gasteiger charge is 2.59. The van der Waals surface area contributed by atoms with E-state index in [1.807, 2.05) is 69.3 Å². The van der Waals surface area contributed by atoms with Crippen molar-refractivity contribution in [3.63, 3.8) is 0 Å². The van der Waals surface area contributed by atoms with E-state index < -0.39 is 51.9 Å². The zero-order chi connectivity index (χ0) is 34.7. The first-order chi connectivity index (χ1) is 22.6. The average Bonchev–Trinajstić information content (AvgIpc) is 3.00. The summed E-state index contributed by atoms with van der Waals surface area (Å²) in [6.45, 7) is 7.00. The molecule has 4 N–H and O–H groups in total. The van der Waals surface area contributed by atoms with Crippen LogP contribution in [0.25, 0.3) is 11.1 Å². The molecule has 0 unspecified atom stereocenters. The van der Waals surface area contributed by atoms with Crippen LogP contribution in [-0.4, -0.2) is 54.8 Å². The molecule has 0 spiro atoms. The second-order valence-electron chi connectivity index (χ2n) is 14.0. The molecule has 0 amide bonds. The van der Waals surface area contributed by atoms with E-state index in [9.17, 15) is 39.6 Å². The van der Waals surface area contributed by atoms with E-state index in [1.165, 1.54) is 6.07 Å². The van der Waals surface area contributed by atoms with Crippen LogP contribution in [0, 0.1) is 11.8 Å². The summed E-state index contributed by atoms with van der Waals surface area (Å²) < 4.78 is 5.85. The predicted molar refractivity (Wildman–Crippen MR) is 177 cm³/mol. The van der Waals surface area contributed by atoms with E-state index >= 15 is 0 Å². The van der Waals surface area contributed by atoms with E-state index in [1.54, 1.807) is 6.07 Å². The number of Topliss-reactive ketones (excluding diaryl/α,β-unsaturated/α-hetero) is 4. The number of rotatable bonds is 7. The number of hydrogen-bond donors (Lipinski definition) is 4. The molecule has 0 saturated carbocycles. The summed E-state index contributed by atoms with van der Waals surface area (Å²) in [6.07, 6.45) is 0.605. The number of benzene rings is 3. The quantitative estimate of drug-likeness (QED) is 0.229. The highest BCUT2D eigenvalue weighted by Crippen LogP contribution is 2.52. The van der Waals surface area contributed by atoms with Gasteiger partial charge in [0.05, 0.1) is 5.56 Å². The van der Waals surface area contributed by atoms with E-state index in [0.29, 0.717) is 11.1 Å². The van der Waals surface area contributed by atoms with Crippen molar-refractivity contribution in [3.05, 3.63) is 106 Å². The maximum Gasteiger partial charge on any atom is 0.209 e. The van der Waals surface area contributed by atoms with Gasteiger partial charge in [-0.25, -0.2) is 0 Å². The number of allylic oxidation sites excluding steroid dienone is 2. The van der Waals surface area contributed by atoms with Gasteiger partial charge < -0.3 is 25.2 Å². The zero-order valence-corrected chi connectivity index (χ0v) is 27.3. The standard InChI is InChI=1S/C39H38O9/c1-20(40)32-31(43)19-25-17-24-18-29-28(13-14-30(42)34(29)35(44)33(24)37(46)39(25,47)36(32)45)23-9-5-21(6-10-23)15-26(41)16-22-7-11-27(12-8-22)48-38(2,3)4/h5-14,24-25,42-43,46-47H,15-19H2,1-4H3/t24-,25+,39-/m1/s1. The molecule has 48 heavy (non-hydrogen) atoms. The van der Waals surface area contributed by atoms with Gasteiger partial charge in [-0.2, -0.15) is 0 Å². The van der Waals surface area contributed by atoms with Crippen molar-refractivity contribution in [1.29, 1.82) is 0 Å². The fourth-order valence-electron chi connectivity index (χ4n) is 7.35. The fraction of sp³-hybridized carbons (Fsp3) is 0.333. The number of ether oxygens (including phenoxy) is 1. The van der Waals surface area contributed by atoms with Crippen molar-refractivity contribution < 1.29 is 44.3 Å². The minimum atomic E-state index is -2.53. The first-order valence-corrected chi connectivity index (χ1v) is 16.0. The Morgan fingerprint density at radius 3 is 2.06 bits per heavy atom. The molecular weight excluding hydrogens is 612 g/mol. The third kappa shape index (κ3) is 5.72. The van der Waals surface area contributed by atoms with Crippen molar-refractivity contribution in [1.82, 2.24) is 0 Å². The summed E-state index contributed by atoms with van der Waals surface area (Å²) in [4.78, 5) is 52.1. The molecule has 0 aliphatic heterocycles. The Labute approximate surface area is 278 Å². The summed E-state index contributed by atoms with van der Waals surface area (Å²) in [7, 11) is 0. The number of aromatic hydroxyl groups is 1. The number of aliphatic hydroxyl groups is 3. The third-order valence-corrected chi connectivity index (χ3v) is 9.47. The Bertz CT molecular complexity index is 1920. The predicted octanol–water partition coefficient (Wildman–Crippen LogP) is 5.88. The maximum atomic E-state index is 13.9. The van der Waals surface area contributed by atoms with Crippen LogP contribution in [-0.2, 0) is 33.6 Å². The van der Waals surface area contributed by atoms with Crippen molar-refractivity contribution in [2.45, 2.75) is 71.0 Å². The van der Waals surface area contributed by atoms with Crippen LogP contribution in [0.4, 0.5) is 0 Å². The van der Waals surface area contributed by atoms with Gasteiger partial charge in [-0.1, -0.05) is 42.5 Å². The molecule has 0 aromatic heterocycles. The van der Waals surface area contributed by atoms with Crippen molar-refractivity contribution in [3.8, 4) is 22.6 Å². The van der Waals surface area contributed by atoms with Gasteiger partial charge in [0, 0.05) is 30.8 Å². The first-order valence-electron chi connectivity index (χ1n) is 16.0. The van der Waals surface area contributed by atoms with Gasteiger partial charge in [-0.05, 0) is 92.5 Å². The first kappa shape index (κ1) is 32.9. The molecule has 3 aromatic rings. The lowest BCUT2D eigenvalue weighted by molar-refractivity contribution is -0.144. The molecule has 6 rings (SSSR count). The molecule has 0 saturated heterocycles. The number of phenols is 1. The highest BCUT2D eigenvalue weighted by atomic mass is 16.5. The molecule has 248 valence electrons. The van der Waals surface area contributed by atoms with Crippen LogP contribution >= 0.6 is 0 Å². The SMILES string of the molecule is CC(=O)C1=C(O)C[C@@H]2C[C@@H]3Cc4c(-c5ccc(CC(=O)Cc6ccc(OC(C)(C)C)cc6)cc5)ccc(O)c4C(=O)C3=C(O)[C@]2(O)C1=O. The maximum absolute atomic E-state index is 13.9. The van der Waals surface area contributed by atoms with Crippen LogP contribution in [0.5, 0.6) is 11.5 Å². The van der Waals surface area contributed by atoms with Crippen LogP contribution < -0.4 is 4.74 Å². The number of aliphatic hydroxyl groups excluding tert-OH is 2. The molecule has 3 aromatic carbocycles. The number of carbonyl (C=O) groups is 4. The number of phenolic OH excluding ortho intramolecular Hbond substituents is 1. The summed E-state index contributed by atoms with van der Waals surface area (Å²) in [6, 6.07) is 18.0. The number of fused-ring (bicyclic) bond motifs is 3. The van der Waals surface area contributed by atoms with E-state index in [2.05, 4.69) is 0 Å². The number of ketones is 4. The zero-order valence-electron chi connectivity index (χ0n) is 27.3. The Balaban J connectivity index is 1.24. The topological polar surface area (TPSA) is 158 Å². The normalized spacial score (nSPS) is 22.2. The second kappa shape index (κ2) is 11.9. The summed E-state index contributed by atoms with van der Waals surface area (Å²) in [5, 5.41) is 44.1.